The van der Waals surface area contributed by atoms with Crippen molar-refractivity contribution in [3.05, 3.63) is 12.2 Å². The molecule has 59 valence electrons. The Bertz CT molecular complexity index is 157. The number of hydrogen-bond acceptors (Lipinski definition) is 2. The second kappa shape index (κ2) is 8.08. The van der Waals surface area contributed by atoms with Gasteiger partial charge in [0, 0.05) is 32.7 Å². The van der Waals surface area contributed by atoms with Gasteiger partial charge >= 0.3 is 0 Å². The van der Waals surface area contributed by atoms with E-state index in [0.29, 0.717) is 0 Å². The summed E-state index contributed by atoms with van der Waals surface area (Å²) in [5.74, 6) is -0.265. The standard InChI is InChI=1S/C7H10NO2.Y/c1-3-4-7(10)8-6(2)5-9;/h3-4,6H,1-2H3,(H,8,10);/q-1;. The summed E-state index contributed by atoms with van der Waals surface area (Å²) in [5, 5.41) is 2.38. The van der Waals surface area contributed by atoms with E-state index in [9.17, 15) is 9.59 Å². The maximum absolute atomic E-state index is 10.6. The summed E-state index contributed by atoms with van der Waals surface area (Å²) >= 11 is 0. The van der Waals surface area contributed by atoms with Crippen LogP contribution in [0.25, 0.3) is 0 Å². The molecule has 0 rings (SSSR count). The van der Waals surface area contributed by atoms with Gasteiger partial charge in [0.25, 0.3) is 0 Å². The number of allylic oxidation sites excluding steroid dienone is 1. The second-order valence-electron chi connectivity index (χ2n) is 1.85. The van der Waals surface area contributed by atoms with Gasteiger partial charge in [0.15, 0.2) is 0 Å². The van der Waals surface area contributed by atoms with Crippen molar-refractivity contribution in [2.45, 2.75) is 19.9 Å². The van der Waals surface area contributed by atoms with Gasteiger partial charge in [-0.05, 0) is 13.0 Å². The molecule has 0 aliphatic rings. The minimum atomic E-state index is -0.524. The first kappa shape index (κ1) is 13.6. The van der Waals surface area contributed by atoms with Gasteiger partial charge in [0.05, 0.1) is 0 Å². The molecule has 3 nitrogen and oxygen atoms in total. The zero-order valence-electron chi connectivity index (χ0n) is 6.63. The van der Waals surface area contributed by atoms with E-state index in [1.54, 1.807) is 26.2 Å². The van der Waals surface area contributed by atoms with Crippen molar-refractivity contribution in [3.8, 4) is 0 Å². The molecule has 0 saturated carbocycles. The van der Waals surface area contributed by atoms with Gasteiger partial charge in [-0.3, -0.25) is 4.79 Å². The molecule has 0 aromatic rings. The van der Waals surface area contributed by atoms with Crippen molar-refractivity contribution >= 4 is 12.2 Å². The van der Waals surface area contributed by atoms with Gasteiger partial charge in [-0.1, -0.05) is 19.0 Å². The van der Waals surface area contributed by atoms with Crippen molar-refractivity contribution in [1.82, 2.24) is 5.32 Å². The Morgan fingerprint density at radius 1 is 1.64 bits per heavy atom. The summed E-state index contributed by atoms with van der Waals surface area (Å²) in [6, 6.07) is -0.524. The zero-order valence-corrected chi connectivity index (χ0v) is 9.46. The molecule has 0 heterocycles. The molecular weight excluding hydrogens is 219 g/mol. The zero-order chi connectivity index (χ0) is 7.98. The normalized spacial score (nSPS) is 11.8. The molecule has 0 aromatic heterocycles. The summed E-state index contributed by atoms with van der Waals surface area (Å²) in [4.78, 5) is 20.5. The molecular formula is C7H10NO2Y-. The average Bonchev–Trinajstić information content (AvgIpc) is 1.88. The van der Waals surface area contributed by atoms with Crippen LogP contribution in [0.15, 0.2) is 12.2 Å². The summed E-state index contributed by atoms with van der Waals surface area (Å²) in [6.45, 7) is 3.29. The van der Waals surface area contributed by atoms with Crippen LogP contribution in [-0.2, 0) is 42.3 Å². The Balaban J connectivity index is 0. The molecule has 4 heteroatoms. The largest absolute Gasteiger partial charge is 0.540 e. The quantitative estimate of drug-likeness (QED) is 0.554. The SMILES string of the molecule is CC=CC(=O)NC(C)[C-]=O.[Y]. The van der Waals surface area contributed by atoms with Crippen molar-refractivity contribution in [2.75, 3.05) is 0 Å². The average molecular weight is 229 g/mol. The van der Waals surface area contributed by atoms with Crippen molar-refractivity contribution in [3.63, 3.8) is 0 Å². The fourth-order valence-electron chi connectivity index (χ4n) is 0.442. The van der Waals surface area contributed by atoms with Crippen LogP contribution in [0.2, 0.25) is 0 Å². The Morgan fingerprint density at radius 3 is 2.55 bits per heavy atom. The maximum atomic E-state index is 10.6. The number of rotatable bonds is 3. The van der Waals surface area contributed by atoms with E-state index in [4.69, 9.17) is 0 Å². The van der Waals surface area contributed by atoms with Crippen LogP contribution in [0, 0.1) is 0 Å². The fourth-order valence-corrected chi connectivity index (χ4v) is 0.442. The molecule has 11 heavy (non-hydrogen) atoms. The Morgan fingerprint density at radius 2 is 2.18 bits per heavy atom. The van der Waals surface area contributed by atoms with E-state index < -0.39 is 6.04 Å². The van der Waals surface area contributed by atoms with Crippen LogP contribution < -0.4 is 5.32 Å². The van der Waals surface area contributed by atoms with E-state index in [0.717, 1.165) is 0 Å². The predicted molar refractivity (Wildman–Crippen MR) is 38.1 cm³/mol. The first-order valence-corrected chi connectivity index (χ1v) is 3.01. The minimum absolute atomic E-state index is 0. The molecule has 1 radical (unpaired) electrons. The van der Waals surface area contributed by atoms with E-state index in [-0.39, 0.29) is 38.6 Å². The number of hydrogen-bond donors (Lipinski definition) is 1. The molecule has 0 aliphatic carbocycles. The van der Waals surface area contributed by atoms with Crippen LogP contribution in [0.5, 0.6) is 0 Å². The smallest absolute Gasteiger partial charge is 0.241 e. The van der Waals surface area contributed by atoms with Gasteiger partial charge in [0.2, 0.25) is 5.91 Å². The number of carbonyl (C=O) groups is 1. The van der Waals surface area contributed by atoms with E-state index in [1.165, 1.54) is 6.08 Å². The van der Waals surface area contributed by atoms with Crippen LogP contribution in [0.4, 0.5) is 0 Å². The topological polar surface area (TPSA) is 46.2 Å². The van der Waals surface area contributed by atoms with Crippen LogP contribution in [0.1, 0.15) is 13.8 Å². The molecule has 0 saturated heterocycles. The molecule has 1 amide bonds. The molecule has 1 unspecified atom stereocenters. The molecule has 0 aliphatic heterocycles. The predicted octanol–water partition coefficient (Wildman–Crippen LogP) is 0.174. The third-order valence-electron chi connectivity index (χ3n) is 0.854. The molecule has 0 spiro atoms. The Hall–Kier alpha value is -0.0161. The third-order valence-corrected chi connectivity index (χ3v) is 0.854. The number of carbonyl (C=O) groups excluding carboxylic acids is 2. The van der Waals surface area contributed by atoms with Crippen LogP contribution in [-0.4, -0.2) is 18.2 Å². The van der Waals surface area contributed by atoms with Gasteiger partial charge in [-0.25, -0.2) is 6.29 Å². The fraction of sp³-hybridized carbons (Fsp3) is 0.429. The van der Waals surface area contributed by atoms with Gasteiger partial charge < -0.3 is 10.1 Å². The maximum Gasteiger partial charge on any atom is 0.241 e. The molecule has 0 aromatic carbocycles. The van der Waals surface area contributed by atoms with E-state index >= 15 is 0 Å². The van der Waals surface area contributed by atoms with Crippen LogP contribution >= 0.6 is 0 Å². The minimum Gasteiger partial charge on any atom is -0.540 e. The van der Waals surface area contributed by atoms with Gasteiger partial charge in [-0.2, -0.15) is 0 Å². The molecule has 0 bridgehead atoms. The molecule has 1 atom stereocenters. The summed E-state index contributed by atoms with van der Waals surface area (Å²) in [5.41, 5.74) is 0. The molecule has 1 N–H and O–H groups in total. The monoisotopic (exact) mass is 229 g/mol. The number of nitrogens with one attached hydrogen (secondary N) is 1. The Kier molecular flexibility index (Phi) is 9.97. The Labute approximate surface area is 91.5 Å². The second-order valence-corrected chi connectivity index (χ2v) is 1.85. The molecule has 0 fully saturated rings. The van der Waals surface area contributed by atoms with Gasteiger partial charge in [-0.15, -0.1) is 0 Å². The van der Waals surface area contributed by atoms with Crippen molar-refractivity contribution < 1.29 is 42.3 Å². The summed E-state index contributed by atoms with van der Waals surface area (Å²) < 4.78 is 0. The summed E-state index contributed by atoms with van der Waals surface area (Å²) in [7, 11) is 0. The van der Waals surface area contributed by atoms with Crippen molar-refractivity contribution in [2.24, 2.45) is 0 Å². The van der Waals surface area contributed by atoms with Crippen molar-refractivity contribution in [1.29, 1.82) is 0 Å². The third kappa shape index (κ3) is 7.88. The van der Waals surface area contributed by atoms with E-state index in [1.807, 2.05) is 0 Å². The first-order chi connectivity index (χ1) is 4.70. The van der Waals surface area contributed by atoms with Crippen LogP contribution in [0.3, 0.4) is 0 Å². The first-order valence-electron chi connectivity index (χ1n) is 3.01. The number of amides is 1. The summed E-state index contributed by atoms with van der Waals surface area (Å²) in [6.07, 6.45) is 4.60. The van der Waals surface area contributed by atoms with E-state index in [2.05, 4.69) is 5.32 Å². The van der Waals surface area contributed by atoms with Gasteiger partial charge in [0.1, 0.15) is 0 Å².